The molecule has 31 heavy (non-hydrogen) atoms. The second-order valence-corrected chi connectivity index (χ2v) is 7.14. The van der Waals surface area contributed by atoms with Crippen LogP contribution in [0.5, 0.6) is 17.2 Å². The Morgan fingerprint density at radius 2 is 1.81 bits per heavy atom. The zero-order valence-corrected chi connectivity index (χ0v) is 17.1. The molecule has 0 aromatic heterocycles. The van der Waals surface area contributed by atoms with Crippen LogP contribution in [0, 0.1) is 0 Å². The second-order valence-electron chi connectivity index (χ2n) is 7.14. The van der Waals surface area contributed by atoms with Crippen molar-refractivity contribution in [2.45, 2.75) is 19.4 Å². The van der Waals surface area contributed by atoms with Crippen molar-refractivity contribution in [1.29, 1.82) is 0 Å². The van der Waals surface area contributed by atoms with E-state index in [-0.39, 0.29) is 37.1 Å². The van der Waals surface area contributed by atoms with Gasteiger partial charge in [-0.2, -0.15) is 0 Å². The van der Waals surface area contributed by atoms with Crippen molar-refractivity contribution in [2.75, 3.05) is 25.6 Å². The van der Waals surface area contributed by atoms with Gasteiger partial charge in [0.15, 0.2) is 11.5 Å². The van der Waals surface area contributed by atoms with Crippen LogP contribution < -0.4 is 19.5 Å². The first-order valence-electron chi connectivity index (χ1n) is 9.92. The molecule has 0 saturated carbocycles. The van der Waals surface area contributed by atoms with Gasteiger partial charge in [-0.25, -0.2) is 0 Å². The topological polar surface area (TPSA) is 94.2 Å². The first-order valence-corrected chi connectivity index (χ1v) is 9.92. The van der Waals surface area contributed by atoms with E-state index in [0.29, 0.717) is 36.1 Å². The standard InChI is InChI=1S/C23H22N2O6/c1-29-18-12-16(13-19-23(18)31-11-10-30-19)4-7-20(26)24-17-5-2-15(3-6-17)14-25-21(27)8-9-22(25)28/h2-7,12-13H,8-11,14H2,1H3,(H,24,26)/b7-4+. The average molecular weight is 422 g/mol. The highest BCUT2D eigenvalue weighted by atomic mass is 16.6. The fourth-order valence-corrected chi connectivity index (χ4v) is 3.42. The van der Waals surface area contributed by atoms with Gasteiger partial charge in [0, 0.05) is 24.6 Å². The molecule has 0 aliphatic carbocycles. The van der Waals surface area contributed by atoms with Crippen molar-refractivity contribution in [3.8, 4) is 17.2 Å². The molecule has 2 aromatic carbocycles. The molecule has 1 saturated heterocycles. The molecule has 8 heteroatoms. The molecule has 0 spiro atoms. The summed E-state index contributed by atoms with van der Waals surface area (Å²) in [6.45, 7) is 1.17. The molecule has 1 fully saturated rings. The van der Waals surface area contributed by atoms with Gasteiger partial charge in [-0.15, -0.1) is 0 Å². The number of hydrogen-bond acceptors (Lipinski definition) is 6. The predicted octanol–water partition coefficient (Wildman–Crippen LogP) is 2.77. The van der Waals surface area contributed by atoms with Crippen molar-refractivity contribution in [3.05, 3.63) is 53.6 Å². The van der Waals surface area contributed by atoms with Crippen LogP contribution in [0.1, 0.15) is 24.0 Å². The van der Waals surface area contributed by atoms with E-state index < -0.39 is 0 Å². The van der Waals surface area contributed by atoms with Gasteiger partial charge in [0.2, 0.25) is 23.5 Å². The number of nitrogens with zero attached hydrogens (tertiary/aromatic N) is 1. The monoisotopic (exact) mass is 422 g/mol. The lowest BCUT2D eigenvalue weighted by Crippen LogP contribution is -2.28. The molecule has 0 radical (unpaired) electrons. The number of amides is 3. The zero-order valence-electron chi connectivity index (χ0n) is 17.1. The van der Waals surface area contributed by atoms with Crippen molar-refractivity contribution < 1.29 is 28.6 Å². The largest absolute Gasteiger partial charge is 0.493 e. The first kappa shape index (κ1) is 20.5. The Balaban J connectivity index is 1.38. The molecule has 0 atom stereocenters. The van der Waals surface area contributed by atoms with E-state index in [1.165, 1.54) is 11.0 Å². The fourth-order valence-electron chi connectivity index (χ4n) is 3.42. The Bertz CT molecular complexity index is 1010. The number of nitrogens with one attached hydrogen (secondary N) is 1. The van der Waals surface area contributed by atoms with E-state index >= 15 is 0 Å². The van der Waals surface area contributed by atoms with Crippen LogP contribution in [-0.2, 0) is 20.9 Å². The van der Waals surface area contributed by atoms with Gasteiger partial charge in [-0.1, -0.05) is 12.1 Å². The number of likely N-dealkylation sites (tertiary alicyclic amines) is 1. The summed E-state index contributed by atoms with van der Waals surface area (Å²) < 4.78 is 16.5. The van der Waals surface area contributed by atoms with Gasteiger partial charge in [0.05, 0.1) is 13.7 Å². The van der Waals surface area contributed by atoms with Crippen LogP contribution in [0.25, 0.3) is 6.08 Å². The van der Waals surface area contributed by atoms with Crippen molar-refractivity contribution in [3.63, 3.8) is 0 Å². The summed E-state index contributed by atoms with van der Waals surface area (Å²) in [4.78, 5) is 37.0. The third-order valence-corrected chi connectivity index (χ3v) is 4.99. The maximum atomic E-state index is 12.3. The molecule has 2 aromatic rings. The van der Waals surface area contributed by atoms with E-state index in [0.717, 1.165) is 11.1 Å². The van der Waals surface area contributed by atoms with Gasteiger partial charge in [-0.3, -0.25) is 19.3 Å². The first-order chi connectivity index (χ1) is 15.0. The minimum atomic E-state index is -0.300. The molecule has 160 valence electrons. The van der Waals surface area contributed by atoms with Crippen molar-refractivity contribution in [1.82, 2.24) is 4.90 Å². The van der Waals surface area contributed by atoms with Gasteiger partial charge < -0.3 is 19.5 Å². The third-order valence-electron chi connectivity index (χ3n) is 4.99. The molecule has 2 aliphatic rings. The number of carbonyl (C=O) groups excluding carboxylic acids is 3. The maximum absolute atomic E-state index is 12.3. The number of methoxy groups -OCH3 is 1. The third kappa shape index (κ3) is 4.69. The Hall–Kier alpha value is -3.81. The number of benzene rings is 2. The molecule has 0 bridgehead atoms. The van der Waals surface area contributed by atoms with Gasteiger partial charge >= 0.3 is 0 Å². The number of hydrogen-bond donors (Lipinski definition) is 1. The summed E-state index contributed by atoms with van der Waals surface area (Å²) in [5.41, 5.74) is 2.17. The number of ether oxygens (including phenoxy) is 3. The smallest absolute Gasteiger partial charge is 0.248 e. The van der Waals surface area contributed by atoms with E-state index in [1.54, 1.807) is 49.6 Å². The SMILES string of the molecule is COc1cc(/C=C/C(=O)Nc2ccc(CN3C(=O)CCC3=O)cc2)cc2c1OCCO2. The lowest BCUT2D eigenvalue weighted by Gasteiger charge is -2.20. The van der Waals surface area contributed by atoms with Crippen LogP contribution in [-0.4, -0.2) is 42.9 Å². The molecule has 8 nitrogen and oxygen atoms in total. The van der Waals surface area contributed by atoms with Crippen molar-refractivity contribution in [2.24, 2.45) is 0 Å². The van der Waals surface area contributed by atoms with Gasteiger partial charge in [0.1, 0.15) is 13.2 Å². The fraction of sp³-hybridized carbons (Fsp3) is 0.261. The summed E-state index contributed by atoms with van der Waals surface area (Å²) in [6.07, 6.45) is 3.62. The van der Waals surface area contributed by atoms with E-state index in [9.17, 15) is 14.4 Å². The van der Waals surface area contributed by atoms with Crippen LogP contribution in [0.3, 0.4) is 0 Å². The molecular formula is C23H22N2O6. The van der Waals surface area contributed by atoms with Crippen LogP contribution in [0.15, 0.2) is 42.5 Å². The molecule has 3 amide bonds. The van der Waals surface area contributed by atoms with E-state index in [2.05, 4.69) is 5.32 Å². The van der Waals surface area contributed by atoms with Gasteiger partial charge in [-0.05, 0) is 41.5 Å². The van der Waals surface area contributed by atoms with Crippen molar-refractivity contribution >= 4 is 29.5 Å². The van der Waals surface area contributed by atoms with Crippen LogP contribution in [0.4, 0.5) is 5.69 Å². The Morgan fingerprint density at radius 3 is 2.52 bits per heavy atom. The van der Waals surface area contributed by atoms with E-state index in [1.807, 2.05) is 0 Å². The Kier molecular flexibility index (Phi) is 5.88. The van der Waals surface area contributed by atoms with Crippen LogP contribution >= 0.6 is 0 Å². The lowest BCUT2D eigenvalue weighted by atomic mass is 10.1. The molecule has 2 heterocycles. The Labute approximate surface area is 179 Å². The normalized spacial score (nSPS) is 15.5. The number of imide groups is 1. The van der Waals surface area contributed by atoms with E-state index in [4.69, 9.17) is 14.2 Å². The molecular weight excluding hydrogens is 400 g/mol. The number of anilines is 1. The zero-order chi connectivity index (χ0) is 21.8. The molecule has 2 aliphatic heterocycles. The quantitative estimate of drug-likeness (QED) is 0.568. The minimum Gasteiger partial charge on any atom is -0.493 e. The number of fused-ring (bicyclic) bond motifs is 1. The summed E-state index contributed by atoms with van der Waals surface area (Å²) in [5.74, 6) is 1.09. The summed E-state index contributed by atoms with van der Waals surface area (Å²) in [6, 6.07) is 10.6. The second kappa shape index (κ2) is 8.91. The predicted molar refractivity (Wildman–Crippen MR) is 113 cm³/mol. The summed E-state index contributed by atoms with van der Waals surface area (Å²) in [5, 5.41) is 2.78. The molecule has 4 rings (SSSR count). The average Bonchev–Trinajstić information content (AvgIpc) is 3.10. The highest BCUT2D eigenvalue weighted by Crippen LogP contribution is 2.40. The number of rotatable bonds is 6. The highest BCUT2D eigenvalue weighted by Gasteiger charge is 2.28. The minimum absolute atomic E-state index is 0.150. The number of carbonyl (C=O) groups is 3. The lowest BCUT2D eigenvalue weighted by molar-refractivity contribution is -0.139. The summed E-state index contributed by atoms with van der Waals surface area (Å²) in [7, 11) is 1.55. The van der Waals surface area contributed by atoms with Crippen LogP contribution in [0.2, 0.25) is 0 Å². The van der Waals surface area contributed by atoms with Gasteiger partial charge in [0.25, 0.3) is 0 Å². The maximum Gasteiger partial charge on any atom is 0.248 e. The Morgan fingerprint density at radius 1 is 1.10 bits per heavy atom. The molecule has 1 N–H and O–H groups in total. The molecule has 0 unspecified atom stereocenters. The highest BCUT2D eigenvalue weighted by molar-refractivity contribution is 6.02. The summed E-state index contributed by atoms with van der Waals surface area (Å²) >= 11 is 0.